The molecular weight excluding hydrogens is 1090 g/mol. The van der Waals surface area contributed by atoms with Crippen molar-refractivity contribution in [2.45, 2.75) is 30.7 Å². The van der Waals surface area contributed by atoms with Crippen LogP contribution in [0.5, 0.6) is 86.2 Å². The Labute approximate surface area is 469 Å². The summed E-state index contributed by atoms with van der Waals surface area (Å²) in [5.41, 5.74) is -1.79. The quantitative estimate of drug-likeness (QED) is 0.0583. The third kappa shape index (κ3) is 11.3. The highest BCUT2D eigenvalue weighted by Gasteiger charge is 2.55. The fourth-order valence-corrected chi connectivity index (χ4v) is 9.22. The number of carbonyl (C=O) groups excluding carboxylic acids is 5. The topological polar surface area (TPSA) is 279 Å². The fourth-order valence-electron chi connectivity index (χ4n) is 9.22. The van der Waals surface area contributed by atoms with Gasteiger partial charge >= 0.3 is 29.8 Å². The zero-order chi connectivity index (χ0) is 59.7. The third-order valence-corrected chi connectivity index (χ3v) is 13.0. The van der Waals surface area contributed by atoms with Gasteiger partial charge in [0.1, 0.15) is 12.7 Å². The van der Waals surface area contributed by atoms with Crippen LogP contribution in [-0.4, -0.2) is 174 Å². The lowest BCUT2D eigenvalue weighted by molar-refractivity contribution is -0.282. The predicted octanol–water partition coefficient (Wildman–Crippen LogP) is 6.21. The van der Waals surface area contributed by atoms with Crippen molar-refractivity contribution in [2.75, 3.05) is 113 Å². The van der Waals surface area contributed by atoms with Gasteiger partial charge in [0.15, 0.2) is 69.7 Å². The first-order chi connectivity index (χ1) is 39.5. The van der Waals surface area contributed by atoms with E-state index < -0.39 is 72.7 Å². The molecule has 0 aromatic heterocycles. The maximum Gasteiger partial charge on any atom is 0.340 e. The minimum Gasteiger partial charge on any atom is -0.493 e. The molecule has 1 saturated heterocycles. The maximum atomic E-state index is 15.6. The predicted molar refractivity (Wildman–Crippen MR) is 281 cm³/mol. The molecule has 1 fully saturated rings. The first-order valence-corrected chi connectivity index (χ1v) is 24.3. The molecule has 0 N–H and O–H groups in total. The zero-order valence-electron chi connectivity index (χ0n) is 47.3. The molecule has 26 nitrogen and oxygen atoms in total. The summed E-state index contributed by atoms with van der Waals surface area (Å²) >= 11 is 0. The number of methoxy groups -OCH3 is 15. The van der Waals surface area contributed by atoms with Gasteiger partial charge in [0.05, 0.1) is 134 Å². The van der Waals surface area contributed by atoms with Crippen molar-refractivity contribution in [2.24, 2.45) is 0 Å². The van der Waals surface area contributed by atoms with E-state index in [1.165, 1.54) is 155 Å². The van der Waals surface area contributed by atoms with Crippen molar-refractivity contribution < 1.29 is 123 Å². The third-order valence-electron chi connectivity index (χ3n) is 13.0. The highest BCUT2D eigenvalue weighted by molar-refractivity contribution is 6.09. The van der Waals surface area contributed by atoms with E-state index in [0.29, 0.717) is 0 Å². The molecule has 5 aromatic carbocycles. The second-order valence-corrected chi connectivity index (χ2v) is 17.0. The van der Waals surface area contributed by atoms with Crippen LogP contribution in [-0.2, 0) is 28.4 Å². The highest BCUT2D eigenvalue weighted by Crippen LogP contribution is 2.55. The second-order valence-electron chi connectivity index (χ2n) is 17.0. The zero-order valence-corrected chi connectivity index (χ0v) is 47.3. The molecule has 2 heterocycles. The van der Waals surface area contributed by atoms with Crippen LogP contribution in [0.4, 0.5) is 0 Å². The van der Waals surface area contributed by atoms with Crippen LogP contribution in [0, 0.1) is 0 Å². The van der Waals surface area contributed by atoms with Crippen LogP contribution in [0.2, 0.25) is 0 Å². The molecule has 7 rings (SSSR count). The Bertz CT molecular complexity index is 3150. The van der Waals surface area contributed by atoms with Crippen molar-refractivity contribution in [3.05, 3.63) is 76.3 Å². The smallest absolute Gasteiger partial charge is 0.340 e. The summed E-state index contributed by atoms with van der Waals surface area (Å²) in [6.45, 7) is -0.892. The van der Waals surface area contributed by atoms with E-state index in [-0.39, 0.29) is 120 Å². The summed E-state index contributed by atoms with van der Waals surface area (Å²) in [6, 6.07) is 10.0. The van der Waals surface area contributed by atoms with Crippen LogP contribution < -0.4 is 71.1 Å². The van der Waals surface area contributed by atoms with Crippen molar-refractivity contribution in [1.29, 1.82) is 0 Å². The number of esters is 5. The summed E-state index contributed by atoms with van der Waals surface area (Å²) in [4.78, 5) is 75.1. The Morgan fingerprint density at radius 2 is 0.671 bits per heavy atom. The Balaban J connectivity index is 1.53. The summed E-state index contributed by atoms with van der Waals surface area (Å²) in [6.07, 6.45) is -10.3. The largest absolute Gasteiger partial charge is 0.493 e. The number of hydrogen-bond acceptors (Lipinski definition) is 26. The standard InChI is InChI=1S/C56H60O26/c1-62-30-16-25(17-31(63-2)41(30)70-9)51(57)80-49-46-38(24-77-54(60)28-22-36(68-7)44(73-12)47(75-14)39(28)40-29(55(61)79-46)23-37(69-8)45(74-13)48(40)76-15)78-56(82-53(59)27-20-34(66-5)43(72-11)35(21-27)67-6)50(49)81-52(58)26-18-32(64-3)42(71-10)33(19-26)65-4/h16-23,38,46,49-50,56H,24H2,1-15H3/t38-,46-,49+,50-,56+/m1/s1. The lowest BCUT2D eigenvalue weighted by Gasteiger charge is -2.43. The van der Waals surface area contributed by atoms with Crippen molar-refractivity contribution in [3.63, 3.8) is 0 Å². The Kier molecular flexibility index (Phi) is 19.1. The van der Waals surface area contributed by atoms with Gasteiger partial charge in [-0.2, -0.15) is 0 Å². The van der Waals surface area contributed by atoms with Gasteiger partial charge in [0.25, 0.3) is 0 Å². The SMILES string of the molecule is COc1cc(C(=O)O[C@@H]2O[C@@H]3COC(=O)c4cc(OC)c(OC)c(OC)c4-c4c(cc(OC)c(OC)c4OC)C(=O)O[C@H]3[C@H](OC(=O)c3cc(OC)c(OC)c(OC)c3)[C@H]2OC(=O)c2cc(OC)c(OC)c(OC)c2)cc(OC)c1OC. The lowest BCUT2D eigenvalue weighted by Crippen LogP contribution is -2.63. The Morgan fingerprint density at radius 3 is 1.00 bits per heavy atom. The van der Waals surface area contributed by atoms with E-state index in [1.54, 1.807) is 0 Å². The van der Waals surface area contributed by atoms with Gasteiger partial charge in [-0.05, 0) is 48.5 Å². The van der Waals surface area contributed by atoms with Crippen LogP contribution in [0.25, 0.3) is 11.1 Å². The van der Waals surface area contributed by atoms with Crippen LogP contribution in [0.3, 0.4) is 0 Å². The molecular formula is C56H60O26. The first kappa shape index (κ1) is 60.1. The van der Waals surface area contributed by atoms with Crippen molar-refractivity contribution in [1.82, 2.24) is 0 Å². The molecule has 2 aliphatic rings. The van der Waals surface area contributed by atoms with E-state index in [4.69, 9.17) is 99.5 Å². The van der Waals surface area contributed by atoms with E-state index in [1.807, 2.05) is 0 Å². The van der Waals surface area contributed by atoms with Crippen molar-refractivity contribution >= 4 is 29.8 Å². The Hall–Kier alpha value is -9.59. The molecule has 0 bridgehead atoms. The molecule has 5 aromatic rings. The monoisotopic (exact) mass is 1150 g/mol. The van der Waals surface area contributed by atoms with Gasteiger partial charge < -0.3 is 99.5 Å². The number of hydrogen-bond donors (Lipinski definition) is 0. The summed E-state index contributed by atoms with van der Waals surface area (Å²) in [5, 5.41) is 0. The van der Waals surface area contributed by atoms with Crippen LogP contribution in [0.1, 0.15) is 51.8 Å². The molecule has 0 saturated carbocycles. The molecule has 0 unspecified atom stereocenters. The lowest BCUT2D eigenvalue weighted by atomic mass is 9.91. The fraction of sp³-hybridized carbons (Fsp3) is 0.375. The number of fused-ring (bicyclic) bond motifs is 4. The molecule has 0 aliphatic carbocycles. The van der Waals surface area contributed by atoms with E-state index in [9.17, 15) is 19.2 Å². The molecule has 0 amide bonds. The molecule has 0 radical (unpaired) electrons. The first-order valence-electron chi connectivity index (χ1n) is 24.3. The number of cyclic esters (lactones) is 1. The number of carbonyl (C=O) groups is 5. The molecule has 440 valence electrons. The summed E-state index contributed by atoms with van der Waals surface area (Å²) in [7, 11) is 19.6. The minimum absolute atomic E-state index is 0.00709. The average molecular weight is 1150 g/mol. The number of benzene rings is 5. The Morgan fingerprint density at radius 1 is 0.366 bits per heavy atom. The molecule has 2 aliphatic heterocycles. The van der Waals surface area contributed by atoms with Gasteiger partial charge in [-0.25, -0.2) is 24.0 Å². The van der Waals surface area contributed by atoms with E-state index >= 15 is 4.79 Å². The van der Waals surface area contributed by atoms with Gasteiger partial charge in [-0.3, -0.25) is 0 Å². The van der Waals surface area contributed by atoms with E-state index in [0.717, 1.165) is 0 Å². The van der Waals surface area contributed by atoms with Crippen LogP contribution in [0.15, 0.2) is 48.5 Å². The molecule has 0 spiro atoms. The van der Waals surface area contributed by atoms with Gasteiger partial charge in [-0.15, -0.1) is 0 Å². The summed E-state index contributed by atoms with van der Waals surface area (Å²) < 4.78 is 122. The highest BCUT2D eigenvalue weighted by atomic mass is 16.7. The van der Waals surface area contributed by atoms with Gasteiger partial charge in [0.2, 0.25) is 41.1 Å². The van der Waals surface area contributed by atoms with Gasteiger partial charge in [0, 0.05) is 11.1 Å². The minimum atomic E-state index is -2.17. The van der Waals surface area contributed by atoms with E-state index in [2.05, 4.69) is 0 Å². The van der Waals surface area contributed by atoms with Gasteiger partial charge in [-0.1, -0.05) is 0 Å². The van der Waals surface area contributed by atoms with Crippen LogP contribution >= 0.6 is 0 Å². The van der Waals surface area contributed by atoms with Crippen molar-refractivity contribution in [3.8, 4) is 97.4 Å². The molecule has 82 heavy (non-hydrogen) atoms. The average Bonchev–Trinajstić information content (AvgIpc) is 3.20. The molecule has 5 atom stereocenters. The number of ether oxygens (including phenoxy) is 21. The summed E-state index contributed by atoms with van der Waals surface area (Å²) in [5.74, 6) is -6.09. The molecule has 26 heteroatoms. The maximum absolute atomic E-state index is 15.6. The normalized spacial score (nSPS) is 17.1. The number of rotatable bonds is 21. The second kappa shape index (κ2) is 26.1.